The van der Waals surface area contributed by atoms with Crippen LogP contribution in [0.15, 0.2) is 35.7 Å². The first-order chi connectivity index (χ1) is 9.84. The Morgan fingerprint density at radius 2 is 2.14 bits per heavy atom. The van der Waals surface area contributed by atoms with Crippen LogP contribution in [0.5, 0.6) is 0 Å². The lowest BCUT2D eigenvalue weighted by molar-refractivity contribution is 0.0600. The molecule has 0 aliphatic carbocycles. The van der Waals surface area contributed by atoms with Gasteiger partial charge in [0.2, 0.25) is 10.0 Å². The molecule has 0 bridgehead atoms. The molecule has 2 N–H and O–H groups in total. The molecular formula is C14H20N2O4S. The Balaban J connectivity index is 3.03. The van der Waals surface area contributed by atoms with Gasteiger partial charge in [0.15, 0.2) is 0 Å². The van der Waals surface area contributed by atoms with Crippen LogP contribution in [0.3, 0.4) is 0 Å². The van der Waals surface area contributed by atoms with Gasteiger partial charge in [-0.25, -0.2) is 17.5 Å². The van der Waals surface area contributed by atoms with Crippen molar-refractivity contribution in [3.63, 3.8) is 0 Å². The Hall–Kier alpha value is -1.86. The van der Waals surface area contributed by atoms with Crippen LogP contribution in [0, 0.1) is 0 Å². The number of nitrogens with two attached hydrogens (primary N) is 1. The van der Waals surface area contributed by atoms with Crippen molar-refractivity contribution in [3.05, 3.63) is 36.4 Å². The van der Waals surface area contributed by atoms with E-state index in [9.17, 15) is 13.2 Å². The van der Waals surface area contributed by atoms with Crippen LogP contribution in [0.2, 0.25) is 0 Å². The van der Waals surface area contributed by atoms with Crippen LogP contribution in [0.25, 0.3) is 0 Å². The fraction of sp³-hybridized carbons (Fsp3) is 0.357. The number of unbranched alkanes of at least 4 members (excludes halogenated alkanes) is 1. The summed E-state index contributed by atoms with van der Waals surface area (Å²) >= 11 is 0. The maximum Gasteiger partial charge on any atom is 0.337 e. The molecule has 0 aromatic heterocycles. The molecular weight excluding hydrogens is 292 g/mol. The highest BCUT2D eigenvalue weighted by Gasteiger charge is 2.23. The number of nitrogen functional groups attached to an aromatic ring is 1. The van der Waals surface area contributed by atoms with Crippen LogP contribution in [0.4, 0.5) is 5.69 Å². The Kier molecular flexibility index (Phi) is 5.92. The SMILES string of the molecule is C=CCCCN(C)S(=O)(=O)c1ccc(C(=O)OC)cc1N. The van der Waals surface area contributed by atoms with E-state index in [-0.39, 0.29) is 16.1 Å². The van der Waals surface area contributed by atoms with E-state index in [2.05, 4.69) is 11.3 Å². The average Bonchev–Trinajstić information content (AvgIpc) is 2.46. The van der Waals surface area contributed by atoms with Gasteiger partial charge in [-0.15, -0.1) is 6.58 Å². The Morgan fingerprint density at radius 3 is 2.67 bits per heavy atom. The zero-order valence-corrected chi connectivity index (χ0v) is 13.0. The molecule has 0 radical (unpaired) electrons. The number of benzene rings is 1. The predicted molar refractivity (Wildman–Crippen MR) is 81.4 cm³/mol. The van der Waals surface area contributed by atoms with Crippen LogP contribution in [0.1, 0.15) is 23.2 Å². The molecule has 0 fully saturated rings. The predicted octanol–water partition coefficient (Wildman–Crippen LogP) is 1.64. The summed E-state index contributed by atoms with van der Waals surface area (Å²) in [5.41, 5.74) is 6.00. The summed E-state index contributed by atoms with van der Waals surface area (Å²) in [6.45, 7) is 3.96. The number of anilines is 1. The van der Waals surface area contributed by atoms with Gasteiger partial charge >= 0.3 is 5.97 Å². The summed E-state index contributed by atoms with van der Waals surface area (Å²) in [6, 6.07) is 4.00. The fourth-order valence-corrected chi connectivity index (χ4v) is 3.08. The van der Waals surface area contributed by atoms with Crippen molar-refractivity contribution in [1.82, 2.24) is 4.31 Å². The number of hydrogen-bond donors (Lipinski definition) is 1. The van der Waals surface area contributed by atoms with E-state index in [4.69, 9.17) is 5.73 Å². The molecule has 116 valence electrons. The summed E-state index contributed by atoms with van der Waals surface area (Å²) in [7, 11) is -0.939. The molecule has 0 amide bonds. The van der Waals surface area contributed by atoms with Crippen molar-refractivity contribution in [2.75, 3.05) is 26.4 Å². The number of carbonyl (C=O) groups is 1. The summed E-state index contributed by atoms with van der Waals surface area (Å²) in [6.07, 6.45) is 3.15. The molecule has 0 saturated heterocycles. The van der Waals surface area contributed by atoms with E-state index in [1.165, 1.54) is 36.7 Å². The third-order valence-electron chi connectivity index (χ3n) is 3.00. The normalized spacial score (nSPS) is 11.4. The molecule has 1 rings (SSSR count). The molecule has 6 nitrogen and oxygen atoms in total. The summed E-state index contributed by atoms with van der Waals surface area (Å²) < 4.78 is 30.6. The number of methoxy groups -OCH3 is 1. The third-order valence-corrected chi connectivity index (χ3v) is 4.93. The number of sulfonamides is 1. The van der Waals surface area contributed by atoms with Crippen molar-refractivity contribution >= 4 is 21.7 Å². The van der Waals surface area contributed by atoms with Gasteiger partial charge in [-0.05, 0) is 31.0 Å². The maximum absolute atomic E-state index is 12.4. The molecule has 0 saturated carbocycles. The van der Waals surface area contributed by atoms with Gasteiger partial charge in [0.1, 0.15) is 4.90 Å². The second-order valence-corrected chi connectivity index (χ2v) is 6.51. The van der Waals surface area contributed by atoms with Gasteiger partial charge in [0, 0.05) is 13.6 Å². The lowest BCUT2D eigenvalue weighted by atomic mass is 10.2. The highest BCUT2D eigenvalue weighted by Crippen LogP contribution is 2.23. The first-order valence-corrected chi connectivity index (χ1v) is 7.83. The largest absolute Gasteiger partial charge is 0.465 e. The number of ether oxygens (including phenoxy) is 1. The van der Waals surface area contributed by atoms with E-state index < -0.39 is 16.0 Å². The molecule has 0 aliphatic heterocycles. The quantitative estimate of drug-likeness (QED) is 0.358. The van der Waals surface area contributed by atoms with E-state index in [0.29, 0.717) is 13.0 Å². The number of hydrogen-bond acceptors (Lipinski definition) is 5. The second-order valence-electron chi connectivity index (χ2n) is 4.50. The first kappa shape index (κ1) is 17.2. The van der Waals surface area contributed by atoms with E-state index in [1.54, 1.807) is 6.08 Å². The molecule has 7 heteroatoms. The molecule has 0 atom stereocenters. The lowest BCUT2D eigenvalue weighted by Crippen LogP contribution is -2.28. The van der Waals surface area contributed by atoms with Gasteiger partial charge in [0.05, 0.1) is 18.4 Å². The minimum atomic E-state index is -3.68. The first-order valence-electron chi connectivity index (χ1n) is 6.39. The fourth-order valence-electron chi connectivity index (χ4n) is 1.77. The molecule has 0 aliphatic rings. The van der Waals surface area contributed by atoms with E-state index in [0.717, 1.165) is 6.42 Å². The average molecular weight is 312 g/mol. The van der Waals surface area contributed by atoms with Gasteiger partial charge in [-0.2, -0.15) is 0 Å². The maximum atomic E-state index is 12.4. The van der Waals surface area contributed by atoms with Crippen molar-refractivity contribution in [2.45, 2.75) is 17.7 Å². The van der Waals surface area contributed by atoms with Crippen molar-refractivity contribution < 1.29 is 17.9 Å². The van der Waals surface area contributed by atoms with Crippen molar-refractivity contribution in [2.24, 2.45) is 0 Å². The van der Waals surface area contributed by atoms with Gasteiger partial charge in [0.25, 0.3) is 0 Å². The van der Waals surface area contributed by atoms with Gasteiger partial charge in [-0.3, -0.25) is 0 Å². The number of rotatable bonds is 7. The van der Waals surface area contributed by atoms with Crippen molar-refractivity contribution in [3.8, 4) is 0 Å². The molecule has 1 aromatic carbocycles. The number of nitrogens with zero attached hydrogens (tertiary/aromatic N) is 1. The molecule has 0 spiro atoms. The zero-order chi connectivity index (χ0) is 16.0. The summed E-state index contributed by atoms with van der Waals surface area (Å²) in [5, 5.41) is 0. The van der Waals surface area contributed by atoms with Crippen molar-refractivity contribution in [1.29, 1.82) is 0 Å². The molecule has 0 unspecified atom stereocenters. The summed E-state index contributed by atoms with van der Waals surface area (Å²) in [5.74, 6) is -0.565. The third kappa shape index (κ3) is 4.05. The number of esters is 1. The highest BCUT2D eigenvalue weighted by molar-refractivity contribution is 7.89. The number of carbonyl (C=O) groups excluding carboxylic acids is 1. The molecule has 21 heavy (non-hydrogen) atoms. The molecule has 0 heterocycles. The van der Waals surface area contributed by atoms with Crippen LogP contribution in [-0.4, -0.2) is 39.4 Å². The van der Waals surface area contributed by atoms with Crippen LogP contribution in [-0.2, 0) is 14.8 Å². The minimum absolute atomic E-state index is 0.0174. The van der Waals surface area contributed by atoms with E-state index >= 15 is 0 Å². The highest BCUT2D eigenvalue weighted by atomic mass is 32.2. The molecule has 1 aromatic rings. The smallest absolute Gasteiger partial charge is 0.337 e. The monoisotopic (exact) mass is 312 g/mol. The van der Waals surface area contributed by atoms with E-state index in [1.807, 2.05) is 0 Å². The summed E-state index contributed by atoms with van der Waals surface area (Å²) in [4.78, 5) is 11.4. The minimum Gasteiger partial charge on any atom is -0.465 e. The zero-order valence-electron chi connectivity index (χ0n) is 12.2. The standard InChI is InChI=1S/C14H20N2O4S/c1-4-5-6-9-16(2)21(18,19)13-8-7-11(10-12(13)15)14(17)20-3/h4,7-8,10H,1,5-6,9,15H2,2-3H3. The lowest BCUT2D eigenvalue weighted by Gasteiger charge is -2.18. The van der Waals surface area contributed by atoms with Gasteiger partial charge in [-0.1, -0.05) is 6.08 Å². The second kappa shape index (κ2) is 7.24. The Morgan fingerprint density at radius 1 is 1.48 bits per heavy atom. The van der Waals surface area contributed by atoms with Crippen LogP contribution < -0.4 is 5.73 Å². The number of allylic oxidation sites excluding steroid dienone is 1. The Labute approximate surface area is 125 Å². The Bertz CT molecular complexity index is 626. The topological polar surface area (TPSA) is 89.7 Å². The van der Waals surface area contributed by atoms with Crippen LogP contribution >= 0.6 is 0 Å². The van der Waals surface area contributed by atoms with Gasteiger partial charge < -0.3 is 10.5 Å².